The van der Waals surface area contributed by atoms with Crippen molar-refractivity contribution in [3.8, 4) is 0 Å². The van der Waals surface area contributed by atoms with Gasteiger partial charge in [0.15, 0.2) is 0 Å². The van der Waals surface area contributed by atoms with Crippen LogP contribution in [0.25, 0.3) is 0 Å². The van der Waals surface area contributed by atoms with Crippen LogP contribution in [0.15, 0.2) is 22.7 Å². The second-order valence-electron chi connectivity index (χ2n) is 4.57. The maximum absolute atomic E-state index is 6.24. The second kappa shape index (κ2) is 5.95. The first-order chi connectivity index (χ1) is 9.04. The number of aryl methyl sites for hydroxylation is 2. The highest BCUT2D eigenvalue weighted by atomic mass is 35.5. The highest BCUT2D eigenvalue weighted by Crippen LogP contribution is 2.34. The molecule has 2 N–H and O–H groups in total. The van der Waals surface area contributed by atoms with Crippen LogP contribution < -0.4 is 5.73 Å². The number of nitrogens with zero attached hydrogens (tertiary/aromatic N) is 1. The van der Waals surface area contributed by atoms with E-state index in [1.54, 1.807) is 0 Å². The highest BCUT2D eigenvalue weighted by molar-refractivity contribution is 6.36. The number of hydrogen-bond acceptors (Lipinski definition) is 3. The Morgan fingerprint density at radius 1 is 1.26 bits per heavy atom. The molecule has 0 amide bonds. The van der Waals surface area contributed by atoms with Crippen LogP contribution in [0.1, 0.15) is 28.5 Å². The van der Waals surface area contributed by atoms with Gasteiger partial charge < -0.3 is 10.3 Å². The molecule has 2 rings (SSSR count). The molecular formula is C14H16Cl2N2O. The van der Waals surface area contributed by atoms with Gasteiger partial charge in [-0.15, -0.1) is 0 Å². The van der Waals surface area contributed by atoms with Crippen LogP contribution in [0.4, 0.5) is 0 Å². The third-order valence-electron chi connectivity index (χ3n) is 3.32. The van der Waals surface area contributed by atoms with Gasteiger partial charge in [0.25, 0.3) is 0 Å². The molecule has 1 atom stereocenters. The number of halogens is 2. The largest absolute Gasteiger partial charge is 0.361 e. The van der Waals surface area contributed by atoms with Crippen LogP contribution in [-0.2, 0) is 6.42 Å². The number of aromatic nitrogens is 1. The quantitative estimate of drug-likeness (QED) is 0.932. The predicted octanol–water partition coefficient (Wildman–Crippen LogP) is 3.88. The van der Waals surface area contributed by atoms with Gasteiger partial charge in [-0.3, -0.25) is 0 Å². The molecule has 0 bridgehead atoms. The molecule has 5 heteroatoms. The maximum atomic E-state index is 6.24. The lowest BCUT2D eigenvalue weighted by Crippen LogP contribution is -2.16. The summed E-state index contributed by atoms with van der Waals surface area (Å²) < 4.78 is 5.18. The predicted molar refractivity (Wildman–Crippen MR) is 77.9 cm³/mol. The zero-order chi connectivity index (χ0) is 14.0. The lowest BCUT2D eigenvalue weighted by Gasteiger charge is -2.18. The molecule has 1 unspecified atom stereocenters. The van der Waals surface area contributed by atoms with Crippen LogP contribution in [0.2, 0.25) is 10.0 Å². The highest BCUT2D eigenvalue weighted by Gasteiger charge is 2.20. The number of rotatable bonds is 4. The lowest BCUT2D eigenvalue weighted by atomic mass is 9.91. The van der Waals surface area contributed by atoms with Crippen molar-refractivity contribution in [3.05, 3.63) is 50.8 Å². The average Bonchev–Trinajstić information content (AvgIpc) is 2.68. The molecule has 0 fully saturated rings. The Balaban J connectivity index is 2.36. The molecule has 0 aliphatic heterocycles. The van der Waals surface area contributed by atoms with Gasteiger partial charge in [-0.1, -0.05) is 34.4 Å². The molecule has 0 saturated carbocycles. The smallest absolute Gasteiger partial charge is 0.137 e. The average molecular weight is 299 g/mol. The first kappa shape index (κ1) is 14.4. The standard InChI is InChI=1S/C14H16Cl2N2O/c1-8-11(9(2)19-18-8)6-10(7-17)14-12(15)4-3-5-13(14)16/h3-5,10H,6-7,17H2,1-2H3. The monoisotopic (exact) mass is 298 g/mol. The summed E-state index contributed by atoms with van der Waals surface area (Å²) in [6, 6.07) is 5.50. The van der Waals surface area contributed by atoms with Gasteiger partial charge in [0.1, 0.15) is 5.76 Å². The van der Waals surface area contributed by atoms with Gasteiger partial charge in [0, 0.05) is 21.5 Å². The number of benzene rings is 1. The summed E-state index contributed by atoms with van der Waals surface area (Å²) in [5.41, 5.74) is 8.75. The molecule has 0 aliphatic carbocycles. The van der Waals surface area contributed by atoms with Crippen molar-refractivity contribution in [3.63, 3.8) is 0 Å². The Labute approximate surface area is 122 Å². The molecule has 102 valence electrons. The van der Waals surface area contributed by atoms with E-state index in [0.717, 1.165) is 29.0 Å². The Kier molecular flexibility index (Phi) is 4.50. The van der Waals surface area contributed by atoms with Crippen LogP contribution in [0, 0.1) is 13.8 Å². The fraction of sp³-hybridized carbons (Fsp3) is 0.357. The second-order valence-corrected chi connectivity index (χ2v) is 5.39. The normalized spacial score (nSPS) is 12.7. The summed E-state index contributed by atoms with van der Waals surface area (Å²) in [5, 5.41) is 5.26. The molecule has 19 heavy (non-hydrogen) atoms. The van der Waals surface area contributed by atoms with Gasteiger partial charge in [0.05, 0.1) is 5.69 Å². The van der Waals surface area contributed by atoms with Crippen molar-refractivity contribution >= 4 is 23.2 Å². The molecule has 3 nitrogen and oxygen atoms in total. The number of hydrogen-bond donors (Lipinski definition) is 1. The van der Waals surface area contributed by atoms with Crippen molar-refractivity contribution in [2.24, 2.45) is 5.73 Å². The fourth-order valence-electron chi connectivity index (χ4n) is 2.24. The molecular weight excluding hydrogens is 283 g/mol. The van der Waals surface area contributed by atoms with Crippen LogP contribution >= 0.6 is 23.2 Å². The molecule has 0 aliphatic rings. The van der Waals surface area contributed by atoms with E-state index in [1.165, 1.54) is 0 Å². The van der Waals surface area contributed by atoms with E-state index in [9.17, 15) is 0 Å². The molecule has 0 radical (unpaired) electrons. The van der Waals surface area contributed by atoms with Crippen molar-refractivity contribution in [2.45, 2.75) is 26.2 Å². The van der Waals surface area contributed by atoms with E-state index >= 15 is 0 Å². The number of nitrogens with two attached hydrogens (primary N) is 1. The van der Waals surface area contributed by atoms with E-state index in [0.29, 0.717) is 16.6 Å². The SMILES string of the molecule is Cc1noc(C)c1CC(CN)c1c(Cl)cccc1Cl. The van der Waals surface area contributed by atoms with Crippen molar-refractivity contribution in [2.75, 3.05) is 6.54 Å². The molecule has 0 spiro atoms. The fourth-order valence-corrected chi connectivity index (χ4v) is 2.95. The molecule has 0 saturated heterocycles. The van der Waals surface area contributed by atoms with Gasteiger partial charge in [-0.25, -0.2) is 0 Å². The summed E-state index contributed by atoms with van der Waals surface area (Å²) in [6.45, 7) is 4.29. The first-order valence-corrected chi connectivity index (χ1v) is 6.86. The van der Waals surface area contributed by atoms with Crippen molar-refractivity contribution in [1.82, 2.24) is 5.16 Å². The Morgan fingerprint density at radius 2 is 1.89 bits per heavy atom. The minimum atomic E-state index is 0.0537. The topological polar surface area (TPSA) is 52.0 Å². The van der Waals surface area contributed by atoms with E-state index in [1.807, 2.05) is 32.0 Å². The summed E-state index contributed by atoms with van der Waals surface area (Å²) >= 11 is 12.5. The van der Waals surface area contributed by atoms with Crippen LogP contribution in [0.5, 0.6) is 0 Å². The lowest BCUT2D eigenvalue weighted by molar-refractivity contribution is 0.392. The van der Waals surface area contributed by atoms with Gasteiger partial charge in [-0.2, -0.15) is 0 Å². The van der Waals surface area contributed by atoms with E-state index in [2.05, 4.69) is 5.16 Å². The summed E-state index contributed by atoms with van der Waals surface area (Å²) in [7, 11) is 0. The summed E-state index contributed by atoms with van der Waals surface area (Å²) in [6.07, 6.45) is 0.723. The Morgan fingerprint density at radius 3 is 2.37 bits per heavy atom. The minimum Gasteiger partial charge on any atom is -0.361 e. The zero-order valence-corrected chi connectivity index (χ0v) is 12.4. The molecule has 1 aromatic carbocycles. The van der Waals surface area contributed by atoms with Crippen LogP contribution in [-0.4, -0.2) is 11.7 Å². The minimum absolute atomic E-state index is 0.0537. The van der Waals surface area contributed by atoms with E-state index in [-0.39, 0.29) is 5.92 Å². The maximum Gasteiger partial charge on any atom is 0.137 e. The zero-order valence-electron chi connectivity index (χ0n) is 10.9. The van der Waals surface area contributed by atoms with E-state index in [4.69, 9.17) is 33.5 Å². The van der Waals surface area contributed by atoms with Crippen molar-refractivity contribution < 1.29 is 4.52 Å². The molecule has 1 aromatic heterocycles. The Bertz CT molecular complexity index is 541. The Hall–Kier alpha value is -1.03. The first-order valence-electron chi connectivity index (χ1n) is 6.10. The van der Waals surface area contributed by atoms with Crippen molar-refractivity contribution in [1.29, 1.82) is 0 Å². The molecule has 2 aromatic rings. The third kappa shape index (κ3) is 2.94. The van der Waals surface area contributed by atoms with E-state index < -0.39 is 0 Å². The van der Waals surface area contributed by atoms with Gasteiger partial charge >= 0.3 is 0 Å². The summed E-state index contributed by atoms with van der Waals surface area (Å²) in [4.78, 5) is 0. The molecule has 1 heterocycles. The third-order valence-corrected chi connectivity index (χ3v) is 3.98. The van der Waals surface area contributed by atoms with Gasteiger partial charge in [-0.05, 0) is 44.5 Å². The van der Waals surface area contributed by atoms with Crippen LogP contribution in [0.3, 0.4) is 0 Å². The summed E-state index contributed by atoms with van der Waals surface area (Å²) in [5.74, 6) is 0.872. The van der Waals surface area contributed by atoms with Gasteiger partial charge in [0.2, 0.25) is 0 Å².